The second-order valence-electron chi connectivity index (χ2n) is 6.13. The number of aromatic nitrogens is 4. The van der Waals surface area contributed by atoms with Gasteiger partial charge in [0.25, 0.3) is 0 Å². The minimum absolute atomic E-state index is 0.171. The predicted octanol–water partition coefficient (Wildman–Crippen LogP) is 2.99. The van der Waals surface area contributed by atoms with E-state index in [1.165, 1.54) is 0 Å². The van der Waals surface area contributed by atoms with E-state index in [0.717, 1.165) is 29.8 Å². The van der Waals surface area contributed by atoms with Crippen molar-refractivity contribution in [1.29, 1.82) is 10.5 Å². The predicted molar refractivity (Wildman–Crippen MR) is 98.7 cm³/mol. The molecule has 0 radical (unpaired) electrons. The number of nitriles is 2. The van der Waals surface area contributed by atoms with E-state index in [2.05, 4.69) is 29.1 Å². The molecule has 0 amide bonds. The lowest BCUT2D eigenvalue weighted by atomic mass is 10.0. The van der Waals surface area contributed by atoms with Crippen LogP contribution in [0.1, 0.15) is 30.3 Å². The average Bonchev–Trinajstić information content (AvgIpc) is 3.17. The molecule has 0 atom stereocenters. The van der Waals surface area contributed by atoms with Crippen molar-refractivity contribution >= 4 is 5.82 Å². The van der Waals surface area contributed by atoms with E-state index in [0.29, 0.717) is 22.5 Å². The van der Waals surface area contributed by atoms with Crippen LogP contribution in [-0.2, 0) is 13.6 Å². The molecule has 0 aliphatic rings. The molecule has 0 spiro atoms. The van der Waals surface area contributed by atoms with Gasteiger partial charge in [-0.3, -0.25) is 4.68 Å². The summed E-state index contributed by atoms with van der Waals surface area (Å²) >= 11 is 0. The van der Waals surface area contributed by atoms with E-state index in [1.54, 1.807) is 23.9 Å². The Hall–Kier alpha value is -3.58. The van der Waals surface area contributed by atoms with E-state index in [4.69, 9.17) is 5.73 Å². The van der Waals surface area contributed by atoms with Crippen LogP contribution in [-0.4, -0.2) is 19.3 Å². The van der Waals surface area contributed by atoms with Crippen molar-refractivity contribution in [2.75, 3.05) is 5.73 Å². The minimum Gasteiger partial charge on any atom is -0.383 e. The number of nitrogens with zero attached hydrogens (tertiary/aromatic N) is 6. The number of anilines is 1. The van der Waals surface area contributed by atoms with E-state index in [9.17, 15) is 10.5 Å². The van der Waals surface area contributed by atoms with Gasteiger partial charge in [-0.05, 0) is 25.5 Å². The summed E-state index contributed by atoms with van der Waals surface area (Å²) in [6.07, 6.45) is 4.57. The van der Waals surface area contributed by atoms with Gasteiger partial charge in [0, 0.05) is 42.2 Å². The second-order valence-corrected chi connectivity index (χ2v) is 6.13. The lowest BCUT2D eigenvalue weighted by Gasteiger charge is -2.09. The first-order valence-corrected chi connectivity index (χ1v) is 8.30. The molecule has 7 nitrogen and oxygen atoms in total. The van der Waals surface area contributed by atoms with E-state index >= 15 is 0 Å². The smallest absolute Gasteiger partial charge is 0.142 e. The molecule has 0 aliphatic heterocycles. The van der Waals surface area contributed by atoms with Crippen molar-refractivity contribution in [2.24, 2.45) is 7.05 Å². The van der Waals surface area contributed by atoms with Crippen LogP contribution in [0, 0.1) is 29.6 Å². The summed E-state index contributed by atoms with van der Waals surface area (Å²) in [7, 11) is 1.79. The zero-order chi connectivity index (χ0) is 18.8. The van der Waals surface area contributed by atoms with Gasteiger partial charge in [0.05, 0.1) is 11.9 Å². The maximum atomic E-state index is 9.53. The number of aryl methyl sites for hydroxylation is 2. The Balaban J connectivity index is 2.20. The van der Waals surface area contributed by atoms with Crippen LogP contribution in [0.25, 0.3) is 22.4 Å². The molecular formula is C19H19N7. The van der Waals surface area contributed by atoms with Crippen molar-refractivity contribution in [1.82, 2.24) is 19.3 Å². The van der Waals surface area contributed by atoms with E-state index in [1.807, 2.05) is 23.9 Å². The number of hydrogen-bond donors (Lipinski definition) is 1. The fourth-order valence-corrected chi connectivity index (χ4v) is 3.01. The van der Waals surface area contributed by atoms with Crippen LogP contribution in [0.15, 0.2) is 24.5 Å². The van der Waals surface area contributed by atoms with Crippen LogP contribution in [0.5, 0.6) is 0 Å². The van der Waals surface area contributed by atoms with Crippen molar-refractivity contribution < 1.29 is 0 Å². The molecule has 0 bridgehead atoms. The standard InChI is InChI=1S/C19H19N7/c1-4-5-26-12(2)17(10-23-26)18-7-15(16(9-21)19(22)24-18)13-6-14(8-20)25(3)11-13/h6-7,10-11H,4-5H2,1-3H3,(H2,22,24). The molecule has 2 N–H and O–H groups in total. The summed E-state index contributed by atoms with van der Waals surface area (Å²) in [6.45, 7) is 4.91. The van der Waals surface area contributed by atoms with Gasteiger partial charge in [-0.1, -0.05) is 6.92 Å². The Morgan fingerprint density at radius 3 is 2.58 bits per heavy atom. The van der Waals surface area contributed by atoms with Gasteiger partial charge in [-0.25, -0.2) is 4.98 Å². The Kier molecular flexibility index (Phi) is 4.47. The molecule has 3 heterocycles. The number of nitrogens with two attached hydrogens (primary N) is 1. The summed E-state index contributed by atoms with van der Waals surface area (Å²) in [5.41, 5.74) is 10.9. The van der Waals surface area contributed by atoms with Gasteiger partial charge < -0.3 is 10.3 Å². The highest BCUT2D eigenvalue weighted by Crippen LogP contribution is 2.33. The third kappa shape index (κ3) is 2.80. The number of nitrogen functional groups attached to an aromatic ring is 1. The Labute approximate surface area is 151 Å². The lowest BCUT2D eigenvalue weighted by molar-refractivity contribution is 0.587. The van der Waals surface area contributed by atoms with Crippen LogP contribution >= 0.6 is 0 Å². The maximum absolute atomic E-state index is 9.53. The fraction of sp³-hybridized carbons (Fsp3) is 0.263. The molecule has 26 heavy (non-hydrogen) atoms. The third-order valence-electron chi connectivity index (χ3n) is 4.40. The first-order valence-electron chi connectivity index (χ1n) is 8.30. The summed E-state index contributed by atoms with van der Waals surface area (Å²) < 4.78 is 3.65. The molecule has 3 rings (SSSR count). The number of rotatable bonds is 4. The molecular weight excluding hydrogens is 326 g/mol. The quantitative estimate of drug-likeness (QED) is 0.781. The molecule has 0 fully saturated rings. The first-order chi connectivity index (χ1) is 12.5. The molecule has 0 unspecified atom stereocenters. The Morgan fingerprint density at radius 2 is 1.96 bits per heavy atom. The fourth-order valence-electron chi connectivity index (χ4n) is 3.01. The van der Waals surface area contributed by atoms with Gasteiger partial charge >= 0.3 is 0 Å². The average molecular weight is 345 g/mol. The number of pyridine rings is 1. The van der Waals surface area contributed by atoms with Gasteiger partial charge in [0.2, 0.25) is 0 Å². The molecule has 0 aliphatic carbocycles. The largest absolute Gasteiger partial charge is 0.383 e. The monoisotopic (exact) mass is 345 g/mol. The molecule has 0 saturated carbocycles. The van der Waals surface area contributed by atoms with Crippen LogP contribution in [0.2, 0.25) is 0 Å². The minimum atomic E-state index is 0.171. The third-order valence-corrected chi connectivity index (χ3v) is 4.40. The molecule has 7 heteroatoms. The van der Waals surface area contributed by atoms with Crippen LogP contribution < -0.4 is 5.73 Å². The summed E-state index contributed by atoms with van der Waals surface area (Å²) in [6, 6.07) is 7.84. The zero-order valence-corrected chi connectivity index (χ0v) is 15.0. The zero-order valence-electron chi connectivity index (χ0n) is 15.0. The highest BCUT2D eigenvalue weighted by atomic mass is 15.3. The Bertz CT molecular complexity index is 1060. The van der Waals surface area contributed by atoms with E-state index < -0.39 is 0 Å². The van der Waals surface area contributed by atoms with Gasteiger partial charge in [-0.15, -0.1) is 0 Å². The van der Waals surface area contributed by atoms with Gasteiger partial charge in [0.1, 0.15) is 29.2 Å². The molecule has 3 aromatic heterocycles. The highest BCUT2D eigenvalue weighted by molar-refractivity contribution is 5.80. The first kappa shape index (κ1) is 17.2. The highest BCUT2D eigenvalue weighted by Gasteiger charge is 2.18. The lowest BCUT2D eigenvalue weighted by Crippen LogP contribution is -2.02. The summed E-state index contributed by atoms with van der Waals surface area (Å²) in [5, 5.41) is 23.1. The second kappa shape index (κ2) is 6.73. The van der Waals surface area contributed by atoms with Gasteiger partial charge in [-0.2, -0.15) is 15.6 Å². The van der Waals surface area contributed by atoms with Crippen molar-refractivity contribution in [3.63, 3.8) is 0 Å². The van der Waals surface area contributed by atoms with Crippen molar-refractivity contribution in [3.8, 4) is 34.5 Å². The van der Waals surface area contributed by atoms with Crippen LogP contribution in [0.3, 0.4) is 0 Å². The molecule has 3 aromatic rings. The van der Waals surface area contributed by atoms with Gasteiger partial charge in [0.15, 0.2) is 0 Å². The summed E-state index contributed by atoms with van der Waals surface area (Å²) in [5.74, 6) is 0.171. The molecule has 0 aromatic carbocycles. The molecule has 0 saturated heterocycles. The normalized spacial score (nSPS) is 10.5. The van der Waals surface area contributed by atoms with E-state index in [-0.39, 0.29) is 5.82 Å². The maximum Gasteiger partial charge on any atom is 0.142 e. The van der Waals surface area contributed by atoms with Crippen LogP contribution in [0.4, 0.5) is 5.82 Å². The molecule has 130 valence electrons. The Morgan fingerprint density at radius 1 is 1.19 bits per heavy atom. The topological polar surface area (TPSA) is 109 Å². The SMILES string of the molecule is CCCn1ncc(-c2cc(-c3cc(C#N)n(C)c3)c(C#N)c(N)n2)c1C. The van der Waals surface area contributed by atoms with Crippen molar-refractivity contribution in [3.05, 3.63) is 41.5 Å². The summed E-state index contributed by atoms with van der Waals surface area (Å²) in [4.78, 5) is 4.41. The number of hydrogen-bond acceptors (Lipinski definition) is 5. The van der Waals surface area contributed by atoms with Crippen molar-refractivity contribution in [2.45, 2.75) is 26.8 Å².